The van der Waals surface area contributed by atoms with E-state index in [4.69, 9.17) is 0 Å². The first kappa shape index (κ1) is 15.3. The number of halogens is 1. The van der Waals surface area contributed by atoms with E-state index in [1.165, 1.54) is 26.7 Å². The van der Waals surface area contributed by atoms with Crippen molar-refractivity contribution in [2.75, 3.05) is 7.05 Å². The Morgan fingerprint density at radius 2 is 1.60 bits per heavy atom. The fraction of sp³-hybridized carbons (Fsp3) is 0.333. The predicted molar refractivity (Wildman–Crippen MR) is 90.3 cm³/mol. The Kier molecular flexibility index (Phi) is 5.38. The number of nitrogens with one attached hydrogen (secondary N) is 1. The van der Waals surface area contributed by atoms with Gasteiger partial charge < -0.3 is 5.32 Å². The maximum atomic E-state index is 3.64. The highest BCUT2D eigenvalue weighted by molar-refractivity contribution is 9.10. The molecule has 0 saturated heterocycles. The van der Waals surface area contributed by atoms with Gasteiger partial charge in [0.25, 0.3) is 0 Å². The Morgan fingerprint density at radius 1 is 0.950 bits per heavy atom. The molecule has 0 saturated carbocycles. The summed E-state index contributed by atoms with van der Waals surface area (Å²) >= 11 is 3.64. The summed E-state index contributed by atoms with van der Waals surface area (Å²) in [6.07, 6.45) is 2.10. The van der Waals surface area contributed by atoms with Crippen LogP contribution < -0.4 is 5.32 Å². The van der Waals surface area contributed by atoms with Gasteiger partial charge in [-0.15, -0.1) is 0 Å². The van der Waals surface area contributed by atoms with Crippen LogP contribution in [0.5, 0.6) is 0 Å². The van der Waals surface area contributed by atoms with Crippen LogP contribution in [0.2, 0.25) is 0 Å². The molecule has 0 bridgehead atoms. The molecule has 0 amide bonds. The number of rotatable bonds is 5. The van der Waals surface area contributed by atoms with Crippen molar-refractivity contribution in [3.63, 3.8) is 0 Å². The minimum absolute atomic E-state index is 0.452. The summed E-state index contributed by atoms with van der Waals surface area (Å²) in [5.74, 6) is 0. The minimum Gasteiger partial charge on any atom is -0.316 e. The monoisotopic (exact) mass is 331 g/mol. The maximum Gasteiger partial charge on any atom is 0.0207 e. The Labute approximate surface area is 130 Å². The summed E-state index contributed by atoms with van der Waals surface area (Å²) in [5, 5.41) is 3.46. The third kappa shape index (κ3) is 3.71. The summed E-state index contributed by atoms with van der Waals surface area (Å²) < 4.78 is 1.20. The zero-order chi connectivity index (χ0) is 14.5. The smallest absolute Gasteiger partial charge is 0.0207 e. The molecule has 0 aliphatic rings. The lowest BCUT2D eigenvalue weighted by atomic mass is 9.93. The molecule has 0 spiro atoms. The molecule has 1 N–H and O–H groups in total. The van der Waals surface area contributed by atoms with E-state index in [0.717, 1.165) is 12.8 Å². The van der Waals surface area contributed by atoms with E-state index < -0.39 is 0 Å². The molecule has 1 unspecified atom stereocenters. The standard InChI is InChI=1S/C18H22BrN/c1-13-7-6-8-14(2)17(13)12-16(20-3)11-15-9-4-5-10-18(15)19/h4-10,16,20H,11-12H2,1-3H3. The molecule has 0 aliphatic heterocycles. The topological polar surface area (TPSA) is 12.0 Å². The quantitative estimate of drug-likeness (QED) is 0.854. The fourth-order valence-corrected chi connectivity index (χ4v) is 3.07. The molecule has 2 rings (SSSR count). The van der Waals surface area contributed by atoms with Crippen LogP contribution in [0.1, 0.15) is 22.3 Å². The normalized spacial score (nSPS) is 12.4. The summed E-state index contributed by atoms with van der Waals surface area (Å²) in [5.41, 5.74) is 5.60. The van der Waals surface area contributed by atoms with Gasteiger partial charge in [0.05, 0.1) is 0 Å². The SMILES string of the molecule is CNC(Cc1ccccc1Br)Cc1c(C)cccc1C. The fourth-order valence-electron chi connectivity index (χ4n) is 2.62. The van der Waals surface area contributed by atoms with Crippen molar-refractivity contribution in [2.24, 2.45) is 0 Å². The van der Waals surface area contributed by atoms with E-state index in [1.54, 1.807) is 0 Å². The molecule has 1 atom stereocenters. The lowest BCUT2D eigenvalue weighted by molar-refractivity contribution is 0.553. The number of hydrogen-bond donors (Lipinski definition) is 1. The molecule has 2 aromatic rings. The average molecular weight is 332 g/mol. The first-order valence-electron chi connectivity index (χ1n) is 7.07. The molecule has 2 heteroatoms. The van der Waals surface area contributed by atoms with Crippen molar-refractivity contribution in [1.82, 2.24) is 5.32 Å². The van der Waals surface area contributed by atoms with Crippen LogP contribution in [-0.2, 0) is 12.8 Å². The first-order valence-corrected chi connectivity index (χ1v) is 7.87. The van der Waals surface area contributed by atoms with Gasteiger partial charge in [-0.1, -0.05) is 52.3 Å². The Balaban J connectivity index is 2.16. The zero-order valence-corrected chi connectivity index (χ0v) is 14.0. The number of benzene rings is 2. The van der Waals surface area contributed by atoms with Gasteiger partial charge >= 0.3 is 0 Å². The van der Waals surface area contributed by atoms with Crippen molar-refractivity contribution >= 4 is 15.9 Å². The second kappa shape index (κ2) is 7.05. The predicted octanol–water partition coefficient (Wildman–Crippen LogP) is 4.44. The lowest BCUT2D eigenvalue weighted by Gasteiger charge is -2.20. The Bertz CT molecular complexity index is 557. The van der Waals surface area contributed by atoms with Gasteiger partial charge in [-0.25, -0.2) is 0 Å². The van der Waals surface area contributed by atoms with Crippen molar-refractivity contribution in [3.05, 3.63) is 69.2 Å². The molecule has 0 heterocycles. The molecule has 0 aliphatic carbocycles. The van der Waals surface area contributed by atoms with Gasteiger partial charge in [-0.05, 0) is 62.1 Å². The molecule has 106 valence electrons. The van der Waals surface area contributed by atoms with Crippen LogP contribution in [0.4, 0.5) is 0 Å². The highest BCUT2D eigenvalue weighted by Crippen LogP contribution is 2.21. The van der Waals surface area contributed by atoms with Crippen molar-refractivity contribution in [3.8, 4) is 0 Å². The zero-order valence-electron chi connectivity index (χ0n) is 12.4. The molecule has 0 fully saturated rings. The highest BCUT2D eigenvalue weighted by atomic mass is 79.9. The van der Waals surface area contributed by atoms with Crippen LogP contribution >= 0.6 is 15.9 Å². The number of likely N-dealkylation sites (N-methyl/N-ethyl adjacent to an activating group) is 1. The van der Waals surface area contributed by atoms with E-state index in [2.05, 4.69) is 84.6 Å². The van der Waals surface area contributed by atoms with Crippen molar-refractivity contribution in [2.45, 2.75) is 32.7 Å². The lowest BCUT2D eigenvalue weighted by Crippen LogP contribution is -2.30. The molecule has 20 heavy (non-hydrogen) atoms. The van der Waals surface area contributed by atoms with Crippen LogP contribution in [0, 0.1) is 13.8 Å². The summed E-state index contributed by atoms with van der Waals surface area (Å²) in [6.45, 7) is 4.40. The molecular weight excluding hydrogens is 310 g/mol. The second-order valence-corrected chi connectivity index (χ2v) is 6.21. The van der Waals surface area contributed by atoms with Gasteiger partial charge in [0.2, 0.25) is 0 Å². The summed E-state index contributed by atoms with van der Waals surface area (Å²) in [6, 6.07) is 15.5. The van der Waals surface area contributed by atoms with E-state index in [0.29, 0.717) is 6.04 Å². The third-order valence-electron chi connectivity index (χ3n) is 3.93. The molecule has 1 nitrogen and oxygen atoms in total. The molecule has 2 aromatic carbocycles. The van der Waals surface area contributed by atoms with Gasteiger partial charge in [0.1, 0.15) is 0 Å². The van der Waals surface area contributed by atoms with Crippen LogP contribution in [0.25, 0.3) is 0 Å². The van der Waals surface area contributed by atoms with Crippen molar-refractivity contribution < 1.29 is 0 Å². The number of hydrogen-bond acceptors (Lipinski definition) is 1. The molecule has 0 radical (unpaired) electrons. The van der Waals surface area contributed by atoms with E-state index in [1.807, 2.05) is 0 Å². The Morgan fingerprint density at radius 3 is 2.20 bits per heavy atom. The second-order valence-electron chi connectivity index (χ2n) is 5.36. The third-order valence-corrected chi connectivity index (χ3v) is 4.70. The summed E-state index contributed by atoms with van der Waals surface area (Å²) in [4.78, 5) is 0. The van der Waals surface area contributed by atoms with Crippen molar-refractivity contribution in [1.29, 1.82) is 0 Å². The van der Waals surface area contributed by atoms with Gasteiger partial charge in [0, 0.05) is 10.5 Å². The highest BCUT2D eigenvalue weighted by Gasteiger charge is 2.13. The van der Waals surface area contributed by atoms with Crippen LogP contribution in [0.3, 0.4) is 0 Å². The van der Waals surface area contributed by atoms with Gasteiger partial charge in [-0.2, -0.15) is 0 Å². The average Bonchev–Trinajstić information content (AvgIpc) is 2.44. The van der Waals surface area contributed by atoms with E-state index in [-0.39, 0.29) is 0 Å². The summed E-state index contributed by atoms with van der Waals surface area (Å²) in [7, 11) is 2.05. The molecular formula is C18H22BrN. The van der Waals surface area contributed by atoms with Gasteiger partial charge in [0.15, 0.2) is 0 Å². The number of aryl methyl sites for hydroxylation is 2. The molecule has 0 aromatic heterocycles. The maximum absolute atomic E-state index is 3.64. The van der Waals surface area contributed by atoms with Crippen LogP contribution in [0.15, 0.2) is 46.9 Å². The van der Waals surface area contributed by atoms with E-state index >= 15 is 0 Å². The largest absolute Gasteiger partial charge is 0.316 e. The Hall–Kier alpha value is -1.12. The van der Waals surface area contributed by atoms with Crippen LogP contribution in [-0.4, -0.2) is 13.1 Å². The van der Waals surface area contributed by atoms with E-state index in [9.17, 15) is 0 Å². The van der Waals surface area contributed by atoms with Gasteiger partial charge in [-0.3, -0.25) is 0 Å². The minimum atomic E-state index is 0.452. The first-order chi connectivity index (χ1) is 9.61.